The van der Waals surface area contributed by atoms with E-state index in [1.807, 2.05) is 36.4 Å². The monoisotopic (exact) mass is 841 g/mol. The van der Waals surface area contributed by atoms with Crippen molar-refractivity contribution >= 4 is 63.6 Å². The largest absolute Gasteiger partial charge is 0.457 e. The van der Waals surface area contributed by atoms with Crippen LogP contribution in [-0.2, 0) is 9.59 Å². The Morgan fingerprint density at radius 2 is 1.51 bits per heavy atom. The number of hydrogen-bond acceptors (Lipinski definition) is 12. The van der Waals surface area contributed by atoms with E-state index in [0.29, 0.717) is 67.7 Å². The molecule has 2 aromatic heterocycles. The summed E-state index contributed by atoms with van der Waals surface area (Å²) in [5, 5.41) is 6.83. The number of carbonyl (C=O) groups is 5. The van der Waals surface area contributed by atoms with Crippen LogP contribution in [0.5, 0.6) is 11.5 Å². The summed E-state index contributed by atoms with van der Waals surface area (Å²) in [6.45, 7) is 5.67. The molecular weight excluding hydrogens is 798 g/mol. The summed E-state index contributed by atoms with van der Waals surface area (Å²) in [7, 11) is 0. The predicted octanol–water partition coefficient (Wildman–Crippen LogP) is 5.27. The van der Waals surface area contributed by atoms with E-state index in [1.54, 1.807) is 36.5 Å². The molecule has 0 spiro atoms. The molecule has 5 aromatic rings. The second-order valence-electron chi connectivity index (χ2n) is 16.5. The number of rotatable bonds is 10. The Bertz CT molecular complexity index is 2560. The van der Waals surface area contributed by atoms with Crippen LogP contribution in [0.1, 0.15) is 75.2 Å². The lowest BCUT2D eigenvalue weighted by Gasteiger charge is -2.50. The van der Waals surface area contributed by atoms with Crippen molar-refractivity contribution in [3.05, 3.63) is 107 Å². The van der Waals surface area contributed by atoms with Gasteiger partial charge in [-0.05, 0) is 74.6 Å². The minimum Gasteiger partial charge on any atom is -0.457 e. The molecule has 15 nitrogen and oxygen atoms in total. The quantitative estimate of drug-likeness (QED) is 0.123. The van der Waals surface area contributed by atoms with Crippen molar-refractivity contribution in [2.24, 2.45) is 0 Å². The summed E-state index contributed by atoms with van der Waals surface area (Å²) < 4.78 is 5.91. The number of piperidine rings is 3. The van der Waals surface area contributed by atoms with Gasteiger partial charge in [-0.3, -0.25) is 39.1 Å². The molecule has 3 N–H and O–H groups in total. The molecule has 5 aliphatic rings. The molecule has 61 heavy (non-hydrogen) atoms. The average Bonchev–Trinajstić information content (AvgIpc) is 3.80. The van der Waals surface area contributed by atoms with Crippen LogP contribution in [0.2, 0.25) is 5.02 Å². The molecular formula is C45H44ClN9O6. The molecule has 0 radical (unpaired) electrons. The Morgan fingerprint density at radius 1 is 0.770 bits per heavy atom. The second kappa shape index (κ2) is 16.0. The first-order valence-corrected chi connectivity index (χ1v) is 21.3. The van der Waals surface area contributed by atoms with Gasteiger partial charge < -0.3 is 24.8 Å². The molecule has 16 heteroatoms. The van der Waals surface area contributed by atoms with Crippen LogP contribution in [0.25, 0.3) is 11.0 Å². The van der Waals surface area contributed by atoms with Gasteiger partial charge in [0.05, 0.1) is 27.1 Å². The zero-order valence-electron chi connectivity index (χ0n) is 33.3. The highest BCUT2D eigenvalue weighted by atomic mass is 35.5. The first-order valence-electron chi connectivity index (χ1n) is 20.9. The fourth-order valence-electron chi connectivity index (χ4n) is 9.54. The summed E-state index contributed by atoms with van der Waals surface area (Å²) in [5.41, 5.74) is 2.89. The molecule has 0 saturated carbocycles. The van der Waals surface area contributed by atoms with Crippen molar-refractivity contribution in [3.63, 3.8) is 0 Å². The number of H-pyrrole nitrogens is 1. The summed E-state index contributed by atoms with van der Waals surface area (Å²) in [5.74, 6) is -0.353. The van der Waals surface area contributed by atoms with Crippen LogP contribution in [0.15, 0.2) is 79.3 Å². The van der Waals surface area contributed by atoms with Gasteiger partial charge in [0.25, 0.3) is 11.8 Å². The van der Waals surface area contributed by atoms with Gasteiger partial charge in [0.15, 0.2) is 5.78 Å². The SMILES string of the molecule is O=C1CCC(N2C(=O)c3ccc(N4CC(N5CCC(N6CCC(Nc7ncnc8[nH]cc(C(=O)c9ccc(Oc%10ccccc%10)cc9Cl)c78)CC6)CC5)C4)cc3C2=O)C(=O)N1. The molecule has 1 atom stereocenters. The summed E-state index contributed by atoms with van der Waals surface area (Å²) >= 11 is 6.64. The molecule has 3 aromatic carbocycles. The number of anilines is 2. The van der Waals surface area contributed by atoms with Gasteiger partial charge in [-0.1, -0.05) is 29.8 Å². The first kappa shape index (κ1) is 39.0. The number of halogens is 1. The van der Waals surface area contributed by atoms with Crippen molar-refractivity contribution in [1.29, 1.82) is 0 Å². The number of likely N-dealkylation sites (tertiary alicyclic amines) is 2. The fourth-order valence-corrected chi connectivity index (χ4v) is 9.79. The summed E-state index contributed by atoms with van der Waals surface area (Å²) in [4.78, 5) is 85.0. The van der Waals surface area contributed by atoms with Gasteiger partial charge in [-0.25, -0.2) is 9.97 Å². The topological polar surface area (TPSA) is 173 Å². The van der Waals surface area contributed by atoms with E-state index < -0.39 is 29.7 Å². The number of imide groups is 2. The van der Waals surface area contributed by atoms with Gasteiger partial charge in [0.1, 0.15) is 35.3 Å². The molecule has 1 unspecified atom stereocenters. The summed E-state index contributed by atoms with van der Waals surface area (Å²) in [6.07, 6.45) is 7.51. The third-order valence-electron chi connectivity index (χ3n) is 12.9. The number of aromatic amines is 1. The number of aromatic nitrogens is 3. The molecule has 0 bridgehead atoms. The highest BCUT2D eigenvalue weighted by molar-refractivity contribution is 6.36. The zero-order valence-corrected chi connectivity index (χ0v) is 34.1. The van der Waals surface area contributed by atoms with E-state index in [0.717, 1.165) is 75.5 Å². The van der Waals surface area contributed by atoms with Crippen LogP contribution in [0.4, 0.5) is 11.5 Å². The molecule has 4 fully saturated rings. The Kier molecular flexibility index (Phi) is 10.2. The third-order valence-corrected chi connectivity index (χ3v) is 13.2. The molecule has 7 heterocycles. The second-order valence-corrected chi connectivity index (χ2v) is 16.9. The van der Waals surface area contributed by atoms with Crippen LogP contribution < -0.4 is 20.3 Å². The van der Waals surface area contributed by atoms with E-state index in [9.17, 15) is 24.0 Å². The number of fused-ring (bicyclic) bond motifs is 2. The van der Waals surface area contributed by atoms with Crippen molar-refractivity contribution in [1.82, 2.24) is 35.0 Å². The zero-order chi connectivity index (χ0) is 41.8. The lowest BCUT2D eigenvalue weighted by Crippen LogP contribution is -2.62. The van der Waals surface area contributed by atoms with E-state index in [2.05, 4.69) is 40.3 Å². The maximum Gasteiger partial charge on any atom is 0.262 e. The van der Waals surface area contributed by atoms with Crippen molar-refractivity contribution in [2.75, 3.05) is 49.5 Å². The standard InChI is InChI=1S/C45H44ClN9O6/c46-36-21-31(61-30-4-2-1-3-5-30)7-9-33(36)40(57)35-22-47-41-39(35)42(49-25-48-41)50-26-12-16-52(17-13-26)27-14-18-53(19-15-27)29-23-54(24-29)28-6-8-32-34(20-28)45(60)55(44(32)59)37-10-11-38(56)51-43(37)58/h1-9,20-22,25-27,29,37H,10-19,23-24H2,(H,51,56,58)(H2,47,48,49,50). The number of benzene rings is 3. The number of ether oxygens (including phenoxy) is 1. The Balaban J connectivity index is 0.708. The van der Waals surface area contributed by atoms with Crippen LogP contribution in [0.3, 0.4) is 0 Å². The average molecular weight is 842 g/mol. The van der Waals surface area contributed by atoms with Gasteiger partial charge >= 0.3 is 0 Å². The molecule has 4 amide bonds. The maximum atomic E-state index is 13.9. The van der Waals surface area contributed by atoms with Crippen LogP contribution in [0, 0.1) is 0 Å². The predicted molar refractivity (Wildman–Crippen MR) is 227 cm³/mol. The Labute approximate surface area is 356 Å². The normalized spacial score (nSPS) is 20.8. The lowest BCUT2D eigenvalue weighted by atomic mass is 9.95. The minimum atomic E-state index is -0.973. The van der Waals surface area contributed by atoms with Crippen molar-refractivity contribution in [3.8, 4) is 11.5 Å². The smallest absolute Gasteiger partial charge is 0.262 e. The number of carbonyl (C=O) groups excluding carboxylic acids is 5. The molecule has 312 valence electrons. The van der Waals surface area contributed by atoms with Crippen LogP contribution >= 0.6 is 11.6 Å². The fraction of sp³-hybridized carbons (Fsp3) is 0.356. The van der Waals surface area contributed by atoms with Crippen LogP contribution in [-0.4, -0.2) is 122 Å². The minimum absolute atomic E-state index is 0.0913. The highest BCUT2D eigenvalue weighted by Crippen LogP contribution is 2.35. The van der Waals surface area contributed by atoms with Gasteiger partial charge in [-0.2, -0.15) is 0 Å². The number of nitrogens with one attached hydrogen (secondary N) is 3. The van der Waals surface area contributed by atoms with E-state index >= 15 is 0 Å². The van der Waals surface area contributed by atoms with E-state index in [4.69, 9.17) is 16.3 Å². The van der Waals surface area contributed by atoms with Gasteiger partial charge in [0.2, 0.25) is 11.8 Å². The van der Waals surface area contributed by atoms with E-state index in [1.165, 1.54) is 6.33 Å². The Morgan fingerprint density at radius 3 is 2.26 bits per heavy atom. The third kappa shape index (κ3) is 7.40. The maximum absolute atomic E-state index is 13.9. The van der Waals surface area contributed by atoms with Crippen molar-refractivity contribution in [2.45, 2.75) is 62.7 Å². The van der Waals surface area contributed by atoms with Gasteiger partial charge in [0, 0.05) is 87.3 Å². The number of nitrogens with zero attached hydrogens (tertiary/aromatic N) is 6. The number of amides is 4. The first-order chi connectivity index (χ1) is 29.7. The lowest BCUT2D eigenvalue weighted by molar-refractivity contribution is -0.136. The van der Waals surface area contributed by atoms with Crippen molar-refractivity contribution < 1.29 is 28.7 Å². The molecule has 4 saturated heterocycles. The number of para-hydroxylation sites is 1. The molecule has 0 aliphatic carbocycles. The Hall–Kier alpha value is -6.16. The van der Waals surface area contributed by atoms with Gasteiger partial charge in [-0.15, -0.1) is 0 Å². The number of hydrogen-bond donors (Lipinski definition) is 3. The molecule has 10 rings (SSSR count). The summed E-state index contributed by atoms with van der Waals surface area (Å²) in [6, 6.07) is 20.0. The highest BCUT2D eigenvalue weighted by Gasteiger charge is 2.45. The molecule has 5 aliphatic heterocycles. The van der Waals surface area contributed by atoms with E-state index in [-0.39, 0.29) is 24.7 Å². The number of ketones is 1.